The van der Waals surface area contributed by atoms with Crippen molar-refractivity contribution in [3.05, 3.63) is 0 Å². The van der Waals surface area contributed by atoms with E-state index in [1.807, 2.05) is 0 Å². The summed E-state index contributed by atoms with van der Waals surface area (Å²) in [5, 5.41) is 0. The summed E-state index contributed by atoms with van der Waals surface area (Å²) in [6.45, 7) is 2.68. The topological polar surface area (TPSA) is 119 Å². The summed E-state index contributed by atoms with van der Waals surface area (Å²) in [7, 11) is -4.79. The molecule has 8 nitrogen and oxygen atoms in total. The van der Waals surface area contributed by atoms with E-state index in [-0.39, 0.29) is 6.42 Å². The van der Waals surface area contributed by atoms with Crippen molar-refractivity contribution in [3.63, 3.8) is 0 Å². The number of carbonyl (C=O) groups is 2. The lowest BCUT2D eigenvalue weighted by atomic mass is 10.1. The fraction of sp³-hybridized carbons (Fsp3) is 0.583. The minimum atomic E-state index is -4.79. The Morgan fingerprint density at radius 2 is 1.42 bits per heavy atom. The molecule has 2 N–H and O–H groups in total. The summed E-state index contributed by atoms with van der Waals surface area (Å²) in [5.41, 5.74) is 0. The molecule has 0 saturated heterocycles. The number of phosphoric ester groups is 1. The van der Waals surface area contributed by atoms with Gasteiger partial charge in [-0.05, 0) is 48.9 Å². The van der Waals surface area contributed by atoms with Crippen LogP contribution in [-0.2, 0) is 28.2 Å². The first-order valence-corrected chi connectivity index (χ1v) is 12.3. The first-order chi connectivity index (χ1) is 15.8. The molecule has 0 aromatic heterocycles. The summed E-state index contributed by atoms with van der Waals surface area (Å²) in [6.07, 6.45) is 7.45. The molecule has 0 saturated carbocycles. The van der Waals surface area contributed by atoms with Gasteiger partial charge >= 0.3 is 19.8 Å². The van der Waals surface area contributed by atoms with Gasteiger partial charge in [0.15, 0.2) is 6.10 Å². The minimum Gasteiger partial charge on any atom is -0.456 e. The number of hydrogen-bond donors (Lipinski definition) is 2. The molecule has 0 amide bonds. The van der Waals surface area contributed by atoms with Crippen molar-refractivity contribution in [2.75, 3.05) is 13.2 Å². The summed E-state index contributed by atoms with van der Waals surface area (Å²) < 4.78 is 25.3. The fourth-order valence-corrected chi connectivity index (χ4v) is 2.78. The number of hydrogen-bond acceptors (Lipinski definition) is 6. The molecule has 0 fully saturated rings. The van der Waals surface area contributed by atoms with Crippen LogP contribution in [0.5, 0.6) is 0 Å². The van der Waals surface area contributed by atoms with E-state index >= 15 is 0 Å². The highest BCUT2D eigenvalue weighted by Gasteiger charge is 2.22. The molecule has 0 aromatic rings. The molecule has 0 aliphatic heterocycles. The average molecular weight is 478 g/mol. The molecule has 0 rings (SSSR count). The number of unbranched alkanes of at least 4 members (excludes halogenated alkanes) is 7. The standard InChI is InChI=1S/C24H31O8P/c1-3-5-7-9-11-13-15-17-19-24(26)32-22(21-31-33(27,28)29)20-30-23(25)18-16-14-12-10-8-6-4-2/h22H,3,5,7,9,11,13,15,17,19-21H2,1-2H3,(H2,27,28,29)/t22-/m1/s1. The van der Waals surface area contributed by atoms with Crippen LogP contribution in [0.25, 0.3) is 0 Å². The molecule has 1 atom stereocenters. The molecule has 180 valence electrons. The second-order valence-electron chi connectivity index (χ2n) is 6.85. The van der Waals surface area contributed by atoms with Crippen molar-refractivity contribution >= 4 is 19.8 Å². The molecule has 33 heavy (non-hydrogen) atoms. The van der Waals surface area contributed by atoms with Crippen LogP contribution in [-0.4, -0.2) is 41.0 Å². The predicted octanol–water partition coefficient (Wildman–Crippen LogP) is 3.12. The highest BCUT2D eigenvalue weighted by molar-refractivity contribution is 7.46. The van der Waals surface area contributed by atoms with E-state index in [2.05, 4.69) is 58.8 Å². The van der Waals surface area contributed by atoms with Crippen molar-refractivity contribution in [1.82, 2.24) is 0 Å². The van der Waals surface area contributed by atoms with E-state index < -0.39 is 39.1 Å². The maximum absolute atomic E-state index is 12.0. The lowest BCUT2D eigenvalue weighted by Crippen LogP contribution is -2.29. The van der Waals surface area contributed by atoms with Crippen LogP contribution in [0.3, 0.4) is 0 Å². The van der Waals surface area contributed by atoms with Gasteiger partial charge in [-0.25, -0.2) is 9.36 Å². The smallest absolute Gasteiger partial charge is 0.456 e. The van der Waals surface area contributed by atoms with E-state index in [4.69, 9.17) is 19.3 Å². The van der Waals surface area contributed by atoms with Crippen LogP contribution in [0.15, 0.2) is 0 Å². The number of rotatable bonds is 15. The molecular formula is C24H31O8P. The predicted molar refractivity (Wildman–Crippen MR) is 123 cm³/mol. The van der Waals surface area contributed by atoms with E-state index in [0.717, 1.165) is 19.3 Å². The second-order valence-corrected chi connectivity index (χ2v) is 8.09. The van der Waals surface area contributed by atoms with E-state index in [9.17, 15) is 14.2 Å². The lowest BCUT2D eigenvalue weighted by Gasteiger charge is -2.17. The number of ether oxygens (including phenoxy) is 2. The summed E-state index contributed by atoms with van der Waals surface area (Å²) >= 11 is 0. The zero-order valence-electron chi connectivity index (χ0n) is 19.1. The number of phosphoric acid groups is 1. The van der Waals surface area contributed by atoms with E-state index in [0.29, 0.717) is 6.42 Å². The molecule has 0 aromatic carbocycles. The van der Waals surface area contributed by atoms with Crippen LogP contribution in [0.1, 0.15) is 71.6 Å². The van der Waals surface area contributed by atoms with E-state index in [1.54, 1.807) is 6.92 Å². The third kappa shape index (κ3) is 22.3. The molecule has 0 spiro atoms. The van der Waals surface area contributed by atoms with Crippen LogP contribution < -0.4 is 0 Å². The van der Waals surface area contributed by atoms with Crippen LogP contribution >= 0.6 is 7.82 Å². The van der Waals surface area contributed by atoms with Crippen molar-refractivity contribution < 1.29 is 37.9 Å². The van der Waals surface area contributed by atoms with Crippen LogP contribution in [0.4, 0.5) is 0 Å². The van der Waals surface area contributed by atoms with Gasteiger partial charge in [-0.1, -0.05) is 57.8 Å². The van der Waals surface area contributed by atoms with Gasteiger partial charge in [-0.15, -0.1) is 0 Å². The lowest BCUT2D eigenvalue weighted by molar-refractivity contribution is -0.158. The quantitative estimate of drug-likeness (QED) is 0.121. The van der Waals surface area contributed by atoms with Crippen molar-refractivity contribution in [2.45, 2.75) is 77.7 Å². The molecule has 0 radical (unpaired) electrons. The zero-order valence-corrected chi connectivity index (χ0v) is 20.0. The maximum Gasteiger partial charge on any atom is 0.469 e. The fourth-order valence-electron chi connectivity index (χ4n) is 2.42. The second kappa shape index (κ2) is 19.9. The van der Waals surface area contributed by atoms with Gasteiger partial charge in [0.2, 0.25) is 0 Å². The SMILES string of the molecule is CC#CC#CC#CC#CC(=O)OC[C@H](COP(=O)(O)O)OC(=O)CCCCCCCCCC. The van der Waals surface area contributed by atoms with Gasteiger partial charge in [-0.2, -0.15) is 0 Å². The van der Waals surface area contributed by atoms with Gasteiger partial charge in [0.1, 0.15) is 6.61 Å². The monoisotopic (exact) mass is 478 g/mol. The maximum atomic E-state index is 12.0. The Morgan fingerprint density at radius 1 is 0.848 bits per heavy atom. The number of esters is 2. The van der Waals surface area contributed by atoms with Crippen LogP contribution in [0, 0.1) is 47.4 Å². The Morgan fingerprint density at radius 3 is 2.03 bits per heavy atom. The summed E-state index contributed by atoms with van der Waals surface area (Å²) in [6, 6.07) is 0. The van der Waals surface area contributed by atoms with Gasteiger partial charge < -0.3 is 19.3 Å². The average Bonchev–Trinajstić information content (AvgIpc) is 2.76. The first kappa shape index (κ1) is 30.3. The third-order valence-corrected chi connectivity index (χ3v) is 4.45. The Balaban J connectivity index is 4.49. The molecule has 0 bridgehead atoms. The Bertz CT molecular complexity index is 890. The molecular weight excluding hydrogens is 447 g/mol. The molecule has 9 heteroatoms. The van der Waals surface area contributed by atoms with Crippen molar-refractivity contribution in [2.24, 2.45) is 0 Å². The Kier molecular flexibility index (Phi) is 18.3. The van der Waals surface area contributed by atoms with Gasteiger partial charge in [-0.3, -0.25) is 9.32 Å². The zero-order chi connectivity index (χ0) is 24.8. The van der Waals surface area contributed by atoms with Crippen molar-refractivity contribution in [1.29, 1.82) is 0 Å². The van der Waals surface area contributed by atoms with E-state index in [1.165, 1.54) is 25.7 Å². The molecule has 0 heterocycles. The van der Waals surface area contributed by atoms with Crippen LogP contribution in [0.2, 0.25) is 0 Å². The molecule has 0 aliphatic carbocycles. The summed E-state index contributed by atoms with van der Waals surface area (Å²) in [5.74, 6) is 17.4. The largest absolute Gasteiger partial charge is 0.469 e. The Labute approximate surface area is 196 Å². The highest BCUT2D eigenvalue weighted by atomic mass is 31.2. The normalized spacial score (nSPS) is 10.5. The van der Waals surface area contributed by atoms with Gasteiger partial charge in [0.05, 0.1) is 6.61 Å². The highest BCUT2D eigenvalue weighted by Crippen LogP contribution is 2.35. The first-order valence-electron chi connectivity index (χ1n) is 10.8. The van der Waals surface area contributed by atoms with Crippen molar-refractivity contribution in [3.8, 4) is 47.4 Å². The third-order valence-electron chi connectivity index (χ3n) is 3.96. The molecule has 0 aliphatic rings. The van der Waals surface area contributed by atoms with Gasteiger partial charge in [0.25, 0.3) is 0 Å². The number of carbonyl (C=O) groups excluding carboxylic acids is 2. The minimum absolute atomic E-state index is 0.147. The summed E-state index contributed by atoms with van der Waals surface area (Å²) in [4.78, 5) is 41.4. The van der Waals surface area contributed by atoms with Gasteiger partial charge in [0, 0.05) is 12.3 Å². The Hall–Kier alpha value is -2.71. The molecule has 0 unspecified atom stereocenters.